The average molecular weight is 270 g/mol. The van der Waals surface area contributed by atoms with Gasteiger partial charge in [0.05, 0.1) is 4.90 Å². The molecule has 1 aromatic carbocycles. The van der Waals surface area contributed by atoms with E-state index in [-0.39, 0.29) is 11.4 Å². The van der Waals surface area contributed by atoms with E-state index >= 15 is 0 Å². The van der Waals surface area contributed by atoms with Crippen molar-refractivity contribution >= 4 is 16.0 Å². The van der Waals surface area contributed by atoms with Gasteiger partial charge in [0, 0.05) is 6.54 Å². The smallest absolute Gasteiger partial charge is 0.336 e. The first kappa shape index (κ1) is 13.0. The Kier molecular flexibility index (Phi) is 3.65. The van der Waals surface area contributed by atoms with Gasteiger partial charge in [0.1, 0.15) is 0 Å². The van der Waals surface area contributed by atoms with Crippen molar-refractivity contribution in [1.29, 1.82) is 0 Å². The van der Waals surface area contributed by atoms with Crippen LogP contribution in [0.3, 0.4) is 0 Å². The molecule has 0 saturated carbocycles. The van der Waals surface area contributed by atoms with E-state index in [4.69, 9.17) is 5.11 Å². The molecule has 1 aliphatic heterocycles. The Morgan fingerprint density at radius 1 is 1.33 bits per heavy atom. The lowest BCUT2D eigenvalue weighted by atomic mass is 10.3. The molecule has 1 heterocycles. The van der Waals surface area contributed by atoms with E-state index in [1.54, 1.807) is 18.2 Å². The molecule has 1 fully saturated rings. The highest BCUT2D eigenvalue weighted by atomic mass is 32.2. The van der Waals surface area contributed by atoms with Crippen LogP contribution in [-0.4, -0.2) is 43.1 Å². The summed E-state index contributed by atoms with van der Waals surface area (Å²) in [7, 11) is -3.77. The van der Waals surface area contributed by atoms with Gasteiger partial charge in [0.25, 0.3) is 0 Å². The van der Waals surface area contributed by atoms with Crippen LogP contribution in [-0.2, 0) is 14.8 Å². The number of carboxylic acid groups (broad SMARTS) is 1. The van der Waals surface area contributed by atoms with Crippen molar-refractivity contribution in [2.45, 2.75) is 17.5 Å². The topological polar surface area (TPSA) is 86.7 Å². The third kappa shape index (κ3) is 2.38. The first-order valence-corrected chi connectivity index (χ1v) is 7.00. The standard InChI is InChI=1S/C11H14N2O4S/c14-11(15)10-12-7-4-8-13(10)18(16,17)9-5-2-1-3-6-9/h1-3,5-6,10,12H,4,7-8H2,(H,14,15). The fourth-order valence-corrected chi connectivity index (χ4v) is 3.49. The number of hydrogen-bond acceptors (Lipinski definition) is 4. The lowest BCUT2D eigenvalue weighted by Gasteiger charge is -2.32. The Labute approximate surface area is 105 Å². The lowest BCUT2D eigenvalue weighted by Crippen LogP contribution is -2.57. The Morgan fingerprint density at radius 3 is 2.61 bits per heavy atom. The fraction of sp³-hybridized carbons (Fsp3) is 0.364. The number of hydrogen-bond donors (Lipinski definition) is 2. The molecular formula is C11H14N2O4S. The van der Waals surface area contributed by atoms with E-state index < -0.39 is 22.2 Å². The highest BCUT2D eigenvalue weighted by Gasteiger charge is 2.37. The zero-order chi connectivity index (χ0) is 13.2. The summed E-state index contributed by atoms with van der Waals surface area (Å²) in [4.78, 5) is 11.2. The molecule has 1 aliphatic rings. The molecule has 98 valence electrons. The van der Waals surface area contributed by atoms with Crippen molar-refractivity contribution in [3.8, 4) is 0 Å². The summed E-state index contributed by atoms with van der Waals surface area (Å²) in [5, 5.41) is 11.7. The van der Waals surface area contributed by atoms with Gasteiger partial charge >= 0.3 is 5.97 Å². The van der Waals surface area contributed by atoms with Crippen molar-refractivity contribution in [3.05, 3.63) is 30.3 Å². The molecular weight excluding hydrogens is 256 g/mol. The van der Waals surface area contributed by atoms with Crippen molar-refractivity contribution in [3.63, 3.8) is 0 Å². The van der Waals surface area contributed by atoms with Crippen LogP contribution in [0.15, 0.2) is 35.2 Å². The predicted octanol–water partition coefficient (Wildman–Crippen LogP) is 0.0813. The number of nitrogens with one attached hydrogen (secondary N) is 1. The number of sulfonamides is 1. The normalized spacial score (nSPS) is 21.7. The minimum atomic E-state index is -3.77. The zero-order valence-corrected chi connectivity index (χ0v) is 10.4. The van der Waals surface area contributed by atoms with Gasteiger partial charge in [-0.1, -0.05) is 18.2 Å². The summed E-state index contributed by atoms with van der Waals surface area (Å²) >= 11 is 0. The maximum Gasteiger partial charge on any atom is 0.336 e. The third-order valence-corrected chi connectivity index (χ3v) is 4.64. The third-order valence-electron chi connectivity index (χ3n) is 2.76. The maximum absolute atomic E-state index is 12.3. The van der Waals surface area contributed by atoms with Gasteiger partial charge < -0.3 is 5.11 Å². The average Bonchev–Trinajstić information content (AvgIpc) is 2.39. The largest absolute Gasteiger partial charge is 0.479 e. The van der Waals surface area contributed by atoms with Crippen LogP contribution in [0.4, 0.5) is 0 Å². The van der Waals surface area contributed by atoms with Crippen LogP contribution in [0.25, 0.3) is 0 Å². The Bertz CT molecular complexity index is 529. The first-order valence-electron chi connectivity index (χ1n) is 5.56. The van der Waals surface area contributed by atoms with Crippen LogP contribution in [0, 0.1) is 0 Å². The number of nitrogens with zero attached hydrogens (tertiary/aromatic N) is 1. The highest BCUT2D eigenvalue weighted by Crippen LogP contribution is 2.19. The van der Waals surface area contributed by atoms with E-state index in [1.165, 1.54) is 12.1 Å². The Balaban J connectivity index is 2.36. The van der Waals surface area contributed by atoms with E-state index in [0.717, 1.165) is 4.31 Å². The van der Waals surface area contributed by atoms with Crippen molar-refractivity contribution in [2.24, 2.45) is 0 Å². The molecule has 1 atom stereocenters. The Hall–Kier alpha value is -1.44. The number of rotatable bonds is 3. The van der Waals surface area contributed by atoms with Gasteiger partial charge in [-0.15, -0.1) is 0 Å². The summed E-state index contributed by atoms with van der Waals surface area (Å²) < 4.78 is 25.6. The van der Waals surface area contributed by atoms with Crippen LogP contribution in [0.1, 0.15) is 6.42 Å². The van der Waals surface area contributed by atoms with Crippen LogP contribution in [0.5, 0.6) is 0 Å². The molecule has 1 aromatic rings. The highest BCUT2D eigenvalue weighted by molar-refractivity contribution is 7.89. The Morgan fingerprint density at radius 2 is 2.00 bits per heavy atom. The second-order valence-corrected chi connectivity index (χ2v) is 5.87. The number of aliphatic carboxylic acids is 1. The molecule has 7 heteroatoms. The molecule has 0 amide bonds. The molecule has 18 heavy (non-hydrogen) atoms. The van der Waals surface area contributed by atoms with Crippen molar-refractivity contribution < 1.29 is 18.3 Å². The van der Waals surface area contributed by atoms with Crippen LogP contribution in [0.2, 0.25) is 0 Å². The molecule has 1 saturated heterocycles. The minimum absolute atomic E-state index is 0.111. The lowest BCUT2D eigenvalue weighted by molar-refractivity contribution is -0.143. The number of carbonyl (C=O) groups is 1. The minimum Gasteiger partial charge on any atom is -0.479 e. The summed E-state index contributed by atoms with van der Waals surface area (Å²) in [6, 6.07) is 7.86. The van der Waals surface area contributed by atoms with Gasteiger partial charge in [-0.3, -0.25) is 5.32 Å². The van der Waals surface area contributed by atoms with Crippen molar-refractivity contribution in [1.82, 2.24) is 9.62 Å². The molecule has 0 spiro atoms. The van der Waals surface area contributed by atoms with Gasteiger partial charge in [-0.25, -0.2) is 13.2 Å². The molecule has 0 aromatic heterocycles. The van der Waals surface area contributed by atoms with E-state index in [9.17, 15) is 13.2 Å². The summed E-state index contributed by atoms with van der Waals surface area (Å²) in [5.41, 5.74) is 0. The molecule has 1 unspecified atom stereocenters. The second kappa shape index (κ2) is 5.05. The number of carboxylic acids is 1. The molecule has 0 aliphatic carbocycles. The van der Waals surface area contributed by atoms with Crippen LogP contribution < -0.4 is 5.32 Å². The molecule has 0 bridgehead atoms. The molecule has 2 rings (SSSR count). The molecule has 6 nitrogen and oxygen atoms in total. The quantitative estimate of drug-likeness (QED) is 0.812. The van der Waals surface area contributed by atoms with Crippen molar-refractivity contribution in [2.75, 3.05) is 13.1 Å². The van der Waals surface area contributed by atoms with E-state index in [0.29, 0.717) is 13.0 Å². The SMILES string of the molecule is O=C(O)C1NCCCN1S(=O)(=O)c1ccccc1. The summed E-state index contributed by atoms with van der Waals surface area (Å²) in [6.07, 6.45) is -0.598. The maximum atomic E-state index is 12.3. The molecule has 0 radical (unpaired) electrons. The van der Waals surface area contributed by atoms with Gasteiger partial charge in [-0.2, -0.15) is 4.31 Å². The zero-order valence-electron chi connectivity index (χ0n) is 9.61. The predicted molar refractivity (Wildman–Crippen MR) is 64.4 cm³/mol. The van der Waals surface area contributed by atoms with E-state index in [2.05, 4.69) is 5.32 Å². The van der Waals surface area contributed by atoms with Crippen LogP contribution >= 0.6 is 0 Å². The number of benzene rings is 1. The summed E-state index contributed by atoms with van der Waals surface area (Å²) in [5.74, 6) is -1.19. The monoisotopic (exact) mass is 270 g/mol. The van der Waals surface area contributed by atoms with Gasteiger partial charge in [-0.05, 0) is 25.1 Å². The molecule has 2 N–H and O–H groups in total. The van der Waals surface area contributed by atoms with Gasteiger partial charge in [0.15, 0.2) is 6.17 Å². The van der Waals surface area contributed by atoms with E-state index in [1.807, 2.05) is 0 Å². The second-order valence-electron chi connectivity index (χ2n) is 3.98. The van der Waals surface area contributed by atoms with Gasteiger partial charge in [0.2, 0.25) is 10.0 Å². The summed E-state index contributed by atoms with van der Waals surface area (Å²) in [6.45, 7) is 0.707. The first-order chi connectivity index (χ1) is 8.53. The fourth-order valence-electron chi connectivity index (χ4n) is 1.90.